The summed E-state index contributed by atoms with van der Waals surface area (Å²) in [6.45, 7) is 7.78. The monoisotopic (exact) mass is 373 g/mol. The van der Waals surface area contributed by atoms with Gasteiger partial charge in [0.25, 0.3) is 0 Å². The molecular formula is C20H24FN3O3. The number of aromatic carboxylic acids is 1. The van der Waals surface area contributed by atoms with Gasteiger partial charge in [-0.05, 0) is 38.8 Å². The summed E-state index contributed by atoms with van der Waals surface area (Å²) in [5.74, 6) is -1.73. The van der Waals surface area contributed by atoms with E-state index in [4.69, 9.17) is 0 Å². The van der Waals surface area contributed by atoms with Crippen LogP contribution in [0.2, 0.25) is 0 Å². The van der Waals surface area contributed by atoms with Crippen LogP contribution in [0.25, 0.3) is 10.9 Å². The quantitative estimate of drug-likeness (QED) is 0.895. The standard InChI is InChI=1S/C20H24FN3O3/c1-3-23-12(2)18(20(26)27)19(25)14-10-15(21)17(11-16(14)23)24-9-8-22-6-4-13(24)5-7-22/h10-11,13H,3-9H2,1-2H3,(H,26,27). The Morgan fingerprint density at radius 1 is 1.22 bits per heavy atom. The SMILES string of the molecule is CCn1c(C)c(C(=O)O)c(=O)c2cc(F)c(N3CCN4CCC3CC4)cc21. The Bertz CT molecular complexity index is 977. The number of aromatic nitrogens is 1. The number of pyridine rings is 1. The van der Waals surface area contributed by atoms with E-state index in [0.717, 1.165) is 39.0 Å². The van der Waals surface area contributed by atoms with Crippen LogP contribution in [0.4, 0.5) is 10.1 Å². The lowest BCUT2D eigenvalue weighted by atomic mass is 10.0. The molecule has 1 aromatic carbocycles. The van der Waals surface area contributed by atoms with Gasteiger partial charge < -0.3 is 19.5 Å². The number of benzene rings is 1. The van der Waals surface area contributed by atoms with E-state index in [2.05, 4.69) is 9.80 Å². The van der Waals surface area contributed by atoms with Crippen molar-refractivity contribution in [1.82, 2.24) is 9.47 Å². The number of hydrogen-bond acceptors (Lipinski definition) is 4. The zero-order chi connectivity index (χ0) is 19.3. The fourth-order valence-electron chi connectivity index (χ4n) is 4.65. The van der Waals surface area contributed by atoms with Crippen molar-refractivity contribution in [3.63, 3.8) is 0 Å². The molecule has 3 aliphatic heterocycles. The average molecular weight is 373 g/mol. The molecule has 1 aromatic heterocycles. The van der Waals surface area contributed by atoms with E-state index in [-0.39, 0.29) is 10.9 Å². The Labute approximate surface area is 156 Å². The molecule has 7 heteroatoms. The van der Waals surface area contributed by atoms with E-state index in [0.29, 0.717) is 29.5 Å². The third-order valence-electron chi connectivity index (χ3n) is 6.09. The topological polar surface area (TPSA) is 65.8 Å². The number of nitrogens with zero attached hydrogens (tertiary/aromatic N) is 3. The Morgan fingerprint density at radius 2 is 1.93 bits per heavy atom. The van der Waals surface area contributed by atoms with Crippen LogP contribution in [-0.4, -0.2) is 52.8 Å². The second-order valence-electron chi connectivity index (χ2n) is 7.43. The summed E-state index contributed by atoms with van der Waals surface area (Å²) in [5.41, 5.74) is 0.620. The zero-order valence-electron chi connectivity index (χ0n) is 15.7. The zero-order valence-corrected chi connectivity index (χ0v) is 15.7. The van der Waals surface area contributed by atoms with Crippen molar-refractivity contribution in [2.75, 3.05) is 31.1 Å². The lowest BCUT2D eigenvalue weighted by molar-refractivity contribution is 0.0694. The van der Waals surface area contributed by atoms with Crippen LogP contribution in [0.3, 0.4) is 0 Å². The van der Waals surface area contributed by atoms with E-state index >= 15 is 4.39 Å². The average Bonchev–Trinajstić information content (AvgIpc) is 2.96. The van der Waals surface area contributed by atoms with Gasteiger partial charge in [-0.1, -0.05) is 0 Å². The number of carboxylic acid groups (broad SMARTS) is 1. The second kappa shape index (κ2) is 6.64. The summed E-state index contributed by atoms with van der Waals surface area (Å²) in [6, 6.07) is 3.27. The molecule has 0 aliphatic carbocycles. The molecule has 4 heterocycles. The molecular weight excluding hydrogens is 349 g/mol. The van der Waals surface area contributed by atoms with E-state index in [9.17, 15) is 14.7 Å². The minimum absolute atomic E-state index is 0.129. The van der Waals surface area contributed by atoms with Gasteiger partial charge in [0.1, 0.15) is 11.4 Å². The van der Waals surface area contributed by atoms with Crippen molar-refractivity contribution < 1.29 is 14.3 Å². The van der Waals surface area contributed by atoms with Crippen LogP contribution in [0.5, 0.6) is 0 Å². The molecule has 0 atom stereocenters. The number of hydrogen-bond donors (Lipinski definition) is 1. The molecule has 2 bridgehead atoms. The van der Waals surface area contributed by atoms with Crippen LogP contribution < -0.4 is 10.3 Å². The van der Waals surface area contributed by atoms with Crippen molar-refractivity contribution in [3.05, 3.63) is 39.4 Å². The van der Waals surface area contributed by atoms with Crippen molar-refractivity contribution in [3.8, 4) is 0 Å². The maximum absolute atomic E-state index is 15.1. The van der Waals surface area contributed by atoms with Gasteiger partial charge in [0, 0.05) is 49.8 Å². The lowest BCUT2D eigenvalue weighted by Gasteiger charge is -2.33. The molecule has 0 amide bonds. The van der Waals surface area contributed by atoms with Crippen LogP contribution in [0.1, 0.15) is 35.8 Å². The molecule has 144 valence electrons. The predicted octanol–water partition coefficient (Wildman–Crippen LogP) is 2.45. The third kappa shape index (κ3) is 2.81. The summed E-state index contributed by atoms with van der Waals surface area (Å²) in [6.07, 6.45) is 2.02. The number of carbonyl (C=O) groups is 1. The molecule has 0 saturated carbocycles. The number of anilines is 1. The molecule has 3 fully saturated rings. The maximum atomic E-state index is 15.1. The molecule has 27 heavy (non-hydrogen) atoms. The molecule has 0 spiro atoms. The Kier molecular flexibility index (Phi) is 4.42. The first-order chi connectivity index (χ1) is 12.9. The summed E-state index contributed by atoms with van der Waals surface area (Å²) < 4.78 is 16.9. The molecule has 2 aromatic rings. The molecule has 3 saturated heterocycles. The van der Waals surface area contributed by atoms with E-state index in [1.165, 1.54) is 6.07 Å². The van der Waals surface area contributed by atoms with Crippen LogP contribution >= 0.6 is 0 Å². The lowest BCUT2D eigenvalue weighted by Crippen LogP contribution is -2.38. The van der Waals surface area contributed by atoms with E-state index in [1.807, 2.05) is 6.92 Å². The van der Waals surface area contributed by atoms with Crippen molar-refractivity contribution in [2.45, 2.75) is 39.3 Å². The first-order valence-corrected chi connectivity index (χ1v) is 9.51. The first kappa shape index (κ1) is 18.0. The minimum atomic E-state index is -1.27. The highest BCUT2D eigenvalue weighted by Gasteiger charge is 2.31. The maximum Gasteiger partial charge on any atom is 0.341 e. The van der Waals surface area contributed by atoms with E-state index < -0.39 is 17.2 Å². The second-order valence-corrected chi connectivity index (χ2v) is 7.43. The highest BCUT2D eigenvalue weighted by molar-refractivity contribution is 5.95. The van der Waals surface area contributed by atoms with Crippen molar-refractivity contribution >= 4 is 22.6 Å². The number of carboxylic acids is 1. The fraction of sp³-hybridized carbons (Fsp3) is 0.500. The highest BCUT2D eigenvalue weighted by Crippen LogP contribution is 2.32. The van der Waals surface area contributed by atoms with Gasteiger partial charge in [0.05, 0.1) is 11.2 Å². The van der Waals surface area contributed by atoms with Gasteiger partial charge in [0.2, 0.25) is 5.43 Å². The number of fused-ring (bicyclic) bond motifs is 5. The largest absolute Gasteiger partial charge is 0.477 e. The first-order valence-electron chi connectivity index (χ1n) is 9.51. The molecule has 3 aliphatic rings. The Hall–Kier alpha value is -2.41. The third-order valence-corrected chi connectivity index (χ3v) is 6.09. The van der Waals surface area contributed by atoms with Gasteiger partial charge in [-0.3, -0.25) is 4.79 Å². The number of rotatable bonds is 3. The summed E-state index contributed by atoms with van der Waals surface area (Å²) in [5, 5.41) is 9.56. The molecule has 0 unspecified atom stereocenters. The van der Waals surface area contributed by atoms with Crippen molar-refractivity contribution in [2.24, 2.45) is 0 Å². The number of aryl methyl sites for hydroxylation is 1. The summed E-state index contributed by atoms with van der Waals surface area (Å²) in [4.78, 5) is 28.8. The number of halogens is 1. The van der Waals surface area contributed by atoms with E-state index in [1.54, 1.807) is 17.6 Å². The summed E-state index contributed by atoms with van der Waals surface area (Å²) in [7, 11) is 0. The predicted molar refractivity (Wildman–Crippen MR) is 102 cm³/mol. The number of piperidine rings is 1. The normalized spacial score (nSPS) is 22.3. The van der Waals surface area contributed by atoms with Crippen LogP contribution in [0.15, 0.2) is 16.9 Å². The van der Waals surface area contributed by atoms with Gasteiger partial charge in [-0.25, -0.2) is 9.18 Å². The molecule has 5 rings (SSSR count). The summed E-state index contributed by atoms with van der Waals surface area (Å²) >= 11 is 0. The Balaban J connectivity index is 1.94. The van der Waals surface area contributed by atoms with Gasteiger partial charge in [-0.15, -0.1) is 0 Å². The fourth-order valence-corrected chi connectivity index (χ4v) is 4.65. The van der Waals surface area contributed by atoms with Crippen LogP contribution in [-0.2, 0) is 6.54 Å². The molecule has 0 radical (unpaired) electrons. The van der Waals surface area contributed by atoms with Gasteiger partial charge in [0.15, 0.2) is 0 Å². The van der Waals surface area contributed by atoms with Gasteiger partial charge in [-0.2, -0.15) is 0 Å². The van der Waals surface area contributed by atoms with Gasteiger partial charge >= 0.3 is 5.97 Å². The molecule has 1 N–H and O–H groups in total. The highest BCUT2D eigenvalue weighted by atomic mass is 19.1. The van der Waals surface area contributed by atoms with Crippen molar-refractivity contribution in [1.29, 1.82) is 0 Å². The smallest absolute Gasteiger partial charge is 0.341 e. The molecule has 6 nitrogen and oxygen atoms in total. The minimum Gasteiger partial charge on any atom is -0.477 e. The van der Waals surface area contributed by atoms with Crippen LogP contribution in [0, 0.1) is 12.7 Å². The Morgan fingerprint density at radius 3 is 2.56 bits per heavy atom.